The number of rotatable bonds is 7. The van der Waals surface area contributed by atoms with Crippen LogP contribution in [-0.4, -0.2) is 29.2 Å². The second kappa shape index (κ2) is 9.42. The Balaban J connectivity index is 1.59. The molecule has 0 bridgehead atoms. The normalized spacial score (nSPS) is 22.0. The highest BCUT2D eigenvalue weighted by Crippen LogP contribution is 2.27. The van der Waals surface area contributed by atoms with Crippen LogP contribution in [0.4, 0.5) is 0 Å². The Hall–Kier alpha value is -0.610. The van der Waals surface area contributed by atoms with Crippen molar-refractivity contribution in [1.82, 2.24) is 5.32 Å². The third-order valence-corrected chi connectivity index (χ3v) is 6.08. The van der Waals surface area contributed by atoms with Gasteiger partial charge < -0.3 is 5.32 Å². The number of hydrogen-bond acceptors (Lipinski definition) is 3. The van der Waals surface area contributed by atoms with E-state index in [0.717, 1.165) is 30.3 Å². The molecule has 1 amide bonds. The zero-order chi connectivity index (χ0) is 14.9. The molecule has 1 saturated carbocycles. The molecule has 1 aliphatic carbocycles. The molecule has 0 spiro atoms. The maximum atomic E-state index is 12.0. The highest BCUT2D eigenvalue weighted by atomic mass is 32.2. The van der Waals surface area contributed by atoms with E-state index in [1.54, 1.807) is 0 Å². The zero-order valence-electron chi connectivity index (χ0n) is 12.7. The van der Waals surface area contributed by atoms with Crippen molar-refractivity contribution in [1.29, 1.82) is 0 Å². The second-order valence-electron chi connectivity index (χ2n) is 5.55. The van der Waals surface area contributed by atoms with Crippen LogP contribution in [0.1, 0.15) is 38.5 Å². The average Bonchev–Trinajstić information content (AvgIpc) is 2.53. The third-order valence-electron chi connectivity index (χ3n) is 3.88. The summed E-state index contributed by atoms with van der Waals surface area (Å²) < 4.78 is 0. The van der Waals surface area contributed by atoms with E-state index >= 15 is 0 Å². The van der Waals surface area contributed by atoms with E-state index in [0.29, 0.717) is 12.5 Å². The second-order valence-corrected chi connectivity index (χ2v) is 7.86. The van der Waals surface area contributed by atoms with Crippen LogP contribution in [-0.2, 0) is 4.79 Å². The summed E-state index contributed by atoms with van der Waals surface area (Å²) in [5, 5.41) is 3.95. The number of hydrogen-bond donors (Lipinski definition) is 1. The molecule has 4 heteroatoms. The van der Waals surface area contributed by atoms with Gasteiger partial charge in [-0.1, -0.05) is 24.6 Å². The molecule has 1 aliphatic rings. The van der Waals surface area contributed by atoms with E-state index in [1.165, 1.54) is 17.7 Å². The van der Waals surface area contributed by atoms with Crippen LogP contribution in [0.3, 0.4) is 0 Å². The first-order chi connectivity index (χ1) is 10.3. The van der Waals surface area contributed by atoms with Crippen molar-refractivity contribution in [3.63, 3.8) is 0 Å². The Morgan fingerprint density at radius 1 is 1.29 bits per heavy atom. The smallest absolute Gasteiger partial charge is 0.220 e. The van der Waals surface area contributed by atoms with E-state index in [9.17, 15) is 4.79 Å². The number of benzene rings is 1. The van der Waals surface area contributed by atoms with Gasteiger partial charge in [0, 0.05) is 22.6 Å². The lowest BCUT2D eigenvalue weighted by molar-refractivity contribution is -0.122. The minimum atomic E-state index is 0.232. The van der Waals surface area contributed by atoms with Gasteiger partial charge in [0.15, 0.2) is 0 Å². The minimum Gasteiger partial charge on any atom is -0.353 e. The van der Waals surface area contributed by atoms with Crippen LogP contribution >= 0.6 is 23.5 Å². The highest BCUT2D eigenvalue weighted by Gasteiger charge is 2.22. The molecule has 1 aromatic rings. The minimum absolute atomic E-state index is 0.232. The highest BCUT2D eigenvalue weighted by molar-refractivity contribution is 7.99. The standard InChI is InChI=1S/C17H25NOS2/c1-20-16-10-5-7-14(13-16)18-17(19)11-6-12-21-15-8-3-2-4-9-15/h2-4,8-9,14,16H,5-7,10-13H2,1H3,(H,18,19). The topological polar surface area (TPSA) is 29.1 Å². The van der Waals surface area contributed by atoms with E-state index < -0.39 is 0 Å². The van der Waals surface area contributed by atoms with Gasteiger partial charge in [-0.05, 0) is 49.8 Å². The summed E-state index contributed by atoms with van der Waals surface area (Å²) in [6.45, 7) is 0. The quantitative estimate of drug-likeness (QED) is 0.597. The molecular formula is C17H25NOS2. The Bertz CT molecular complexity index is 424. The molecule has 116 valence electrons. The van der Waals surface area contributed by atoms with Gasteiger partial charge in [-0.3, -0.25) is 4.79 Å². The molecule has 2 unspecified atom stereocenters. The Morgan fingerprint density at radius 3 is 2.86 bits per heavy atom. The molecule has 0 heterocycles. The number of carbonyl (C=O) groups is 1. The maximum absolute atomic E-state index is 12.0. The molecule has 0 aliphatic heterocycles. The van der Waals surface area contributed by atoms with Gasteiger partial charge >= 0.3 is 0 Å². The maximum Gasteiger partial charge on any atom is 0.220 e. The first kappa shape index (κ1) is 16.8. The molecule has 0 aromatic heterocycles. The van der Waals surface area contributed by atoms with E-state index in [-0.39, 0.29) is 5.91 Å². The Labute approximate surface area is 136 Å². The lowest BCUT2D eigenvalue weighted by Gasteiger charge is -2.28. The van der Waals surface area contributed by atoms with Gasteiger partial charge in [-0.15, -0.1) is 11.8 Å². The molecule has 0 radical (unpaired) electrons. The van der Waals surface area contributed by atoms with Crippen LogP contribution in [0.5, 0.6) is 0 Å². The summed E-state index contributed by atoms with van der Waals surface area (Å²) in [6.07, 6.45) is 8.63. The Morgan fingerprint density at radius 2 is 2.10 bits per heavy atom. The molecule has 21 heavy (non-hydrogen) atoms. The molecule has 2 rings (SSSR count). The van der Waals surface area contributed by atoms with Crippen molar-refractivity contribution < 1.29 is 4.79 Å². The fourth-order valence-corrected chi connectivity index (χ4v) is 4.43. The third kappa shape index (κ3) is 6.35. The molecule has 2 nitrogen and oxygen atoms in total. The van der Waals surface area contributed by atoms with Crippen LogP contribution in [0.2, 0.25) is 0 Å². The van der Waals surface area contributed by atoms with Gasteiger partial charge in [0.25, 0.3) is 0 Å². The van der Waals surface area contributed by atoms with Crippen LogP contribution < -0.4 is 5.32 Å². The SMILES string of the molecule is CSC1CCCC(NC(=O)CCCSc2ccccc2)C1. The largest absolute Gasteiger partial charge is 0.353 e. The van der Waals surface area contributed by atoms with Crippen molar-refractivity contribution in [2.24, 2.45) is 0 Å². The fraction of sp³-hybridized carbons (Fsp3) is 0.588. The predicted molar refractivity (Wildman–Crippen MR) is 94.1 cm³/mol. The van der Waals surface area contributed by atoms with Crippen molar-refractivity contribution in [3.8, 4) is 0 Å². The van der Waals surface area contributed by atoms with Gasteiger partial charge in [0.2, 0.25) is 5.91 Å². The van der Waals surface area contributed by atoms with Crippen molar-refractivity contribution in [3.05, 3.63) is 30.3 Å². The molecule has 1 N–H and O–H groups in total. The molecule has 0 saturated heterocycles. The van der Waals surface area contributed by atoms with Crippen molar-refractivity contribution in [2.75, 3.05) is 12.0 Å². The van der Waals surface area contributed by atoms with E-state index in [2.05, 4.69) is 35.8 Å². The lowest BCUT2D eigenvalue weighted by atomic mass is 9.95. The summed E-state index contributed by atoms with van der Waals surface area (Å²) in [5.74, 6) is 1.24. The molecule has 1 aromatic carbocycles. The lowest BCUT2D eigenvalue weighted by Crippen LogP contribution is -2.39. The summed E-state index contributed by atoms with van der Waals surface area (Å²) in [6, 6.07) is 10.8. The van der Waals surface area contributed by atoms with Crippen LogP contribution in [0.25, 0.3) is 0 Å². The Kier molecular flexibility index (Phi) is 7.51. The summed E-state index contributed by atoms with van der Waals surface area (Å²) >= 11 is 3.77. The number of amides is 1. The monoisotopic (exact) mass is 323 g/mol. The number of carbonyl (C=O) groups excluding carboxylic acids is 1. The first-order valence-corrected chi connectivity index (χ1v) is 10.1. The van der Waals surface area contributed by atoms with E-state index in [1.807, 2.05) is 29.6 Å². The van der Waals surface area contributed by atoms with Gasteiger partial charge in [-0.2, -0.15) is 11.8 Å². The van der Waals surface area contributed by atoms with Crippen molar-refractivity contribution >= 4 is 29.4 Å². The van der Waals surface area contributed by atoms with Crippen LogP contribution in [0.15, 0.2) is 35.2 Å². The number of thioether (sulfide) groups is 2. The van der Waals surface area contributed by atoms with Gasteiger partial charge in [0.05, 0.1) is 0 Å². The van der Waals surface area contributed by atoms with E-state index in [4.69, 9.17) is 0 Å². The molecule has 1 fully saturated rings. The summed E-state index contributed by atoms with van der Waals surface area (Å²) in [5.41, 5.74) is 0. The predicted octanol–water partition coefficient (Wildman–Crippen LogP) is 4.35. The van der Waals surface area contributed by atoms with Crippen LogP contribution in [0, 0.1) is 0 Å². The first-order valence-electron chi connectivity index (χ1n) is 7.78. The zero-order valence-corrected chi connectivity index (χ0v) is 14.3. The summed E-state index contributed by atoms with van der Waals surface area (Å²) in [4.78, 5) is 13.3. The fourth-order valence-electron chi connectivity index (χ4n) is 2.73. The molecular weight excluding hydrogens is 298 g/mol. The van der Waals surface area contributed by atoms with Crippen molar-refractivity contribution in [2.45, 2.75) is 54.7 Å². The average molecular weight is 324 g/mol. The molecule has 2 atom stereocenters. The summed E-state index contributed by atoms with van der Waals surface area (Å²) in [7, 11) is 0. The van der Waals surface area contributed by atoms with Gasteiger partial charge in [-0.25, -0.2) is 0 Å². The number of nitrogens with one attached hydrogen (secondary N) is 1. The van der Waals surface area contributed by atoms with Gasteiger partial charge in [0.1, 0.15) is 0 Å².